The summed E-state index contributed by atoms with van der Waals surface area (Å²) in [6.07, 6.45) is 2.68. The summed E-state index contributed by atoms with van der Waals surface area (Å²) < 4.78 is 0. The van der Waals surface area contributed by atoms with E-state index >= 15 is 0 Å². The molecule has 3 unspecified atom stereocenters. The highest BCUT2D eigenvalue weighted by Gasteiger charge is 2.76. The van der Waals surface area contributed by atoms with Crippen LogP contribution in [0.15, 0.2) is 72.8 Å². The average Bonchev–Trinajstić information content (AvgIpc) is 3.03. The monoisotopic (exact) mass is 674 g/mol. The molecule has 50 heavy (non-hydrogen) atoms. The molecule has 2 fully saturated rings. The lowest BCUT2D eigenvalue weighted by Crippen LogP contribution is -2.76. The Morgan fingerprint density at radius 1 is 0.880 bits per heavy atom. The molecule has 3 aromatic rings. The van der Waals surface area contributed by atoms with Gasteiger partial charge in [0.1, 0.15) is 17.5 Å². The van der Waals surface area contributed by atoms with Gasteiger partial charge in [0.25, 0.3) is 0 Å². The molecule has 0 amide bonds. The largest absolute Gasteiger partial charge is 0.507 e. The van der Waals surface area contributed by atoms with Crippen molar-refractivity contribution in [1.29, 1.82) is 0 Å². The van der Waals surface area contributed by atoms with Crippen LogP contribution in [-0.2, 0) is 44.9 Å². The molecule has 3 aromatic carbocycles. The second kappa shape index (κ2) is 12.4. The number of benzene rings is 3. The van der Waals surface area contributed by atoms with Crippen LogP contribution in [0.3, 0.4) is 0 Å². The van der Waals surface area contributed by atoms with Gasteiger partial charge in [-0.05, 0) is 89.8 Å². The number of carbonyl (C=O) groups is 5. The molecule has 0 aromatic heterocycles. The number of carbonyl (C=O) groups excluding carboxylic acids is 5. The number of aryl methyl sites for hydroxylation is 1. The number of allylic oxidation sites excluding steroid dienone is 1. The second-order valence-electron chi connectivity index (χ2n) is 15.8. The number of phenolic OH excluding ortho intramolecular Hbond substituents is 1. The summed E-state index contributed by atoms with van der Waals surface area (Å²) in [7, 11) is 0. The number of hydrogen-bond donors (Lipinski definition) is 2. The minimum atomic E-state index is -2.71. The third-order valence-electron chi connectivity index (χ3n) is 11.9. The molecule has 0 radical (unpaired) electrons. The predicted octanol–water partition coefficient (Wildman–Crippen LogP) is 6.66. The van der Waals surface area contributed by atoms with E-state index in [1.54, 1.807) is 33.8 Å². The first kappa shape index (κ1) is 35.3. The van der Waals surface area contributed by atoms with Gasteiger partial charge >= 0.3 is 0 Å². The molecule has 3 aliphatic rings. The predicted molar refractivity (Wildman–Crippen MR) is 191 cm³/mol. The zero-order chi connectivity index (χ0) is 36.5. The van der Waals surface area contributed by atoms with Crippen molar-refractivity contribution in [2.75, 3.05) is 0 Å². The van der Waals surface area contributed by atoms with E-state index in [1.165, 1.54) is 17.2 Å². The van der Waals surface area contributed by atoms with E-state index in [0.717, 1.165) is 42.0 Å². The van der Waals surface area contributed by atoms with E-state index in [9.17, 15) is 34.2 Å². The Morgan fingerprint density at radius 2 is 1.44 bits per heavy atom. The van der Waals surface area contributed by atoms with Crippen molar-refractivity contribution in [3.05, 3.63) is 101 Å². The van der Waals surface area contributed by atoms with Crippen LogP contribution in [0.4, 0.5) is 0 Å². The zero-order valence-electron chi connectivity index (χ0n) is 29.8. The van der Waals surface area contributed by atoms with Crippen molar-refractivity contribution in [3.8, 4) is 16.9 Å². The lowest BCUT2D eigenvalue weighted by Gasteiger charge is -2.61. The van der Waals surface area contributed by atoms with Crippen LogP contribution in [0.5, 0.6) is 5.75 Å². The molecule has 2 N–H and O–H groups in total. The van der Waals surface area contributed by atoms with Gasteiger partial charge in [-0.3, -0.25) is 24.0 Å². The molecule has 7 heteroatoms. The number of aromatic hydroxyl groups is 1. The van der Waals surface area contributed by atoms with Crippen LogP contribution in [0, 0.1) is 34.5 Å². The Labute approximate surface area is 293 Å². The maximum Gasteiger partial charge on any atom is 0.190 e. The Morgan fingerprint density at radius 3 is 1.98 bits per heavy atom. The van der Waals surface area contributed by atoms with Gasteiger partial charge in [0, 0.05) is 11.3 Å². The standard InChI is InChI=1S/C43H46O7/c1-8-26-9-11-27(12-10-26)19-24(4)20-28-13-15-29(16-14-28)30-17-18-32(45)34-31(30)21-41(6)22-42(7)35(23(2)3)37(46)33(25(5)44)39(48)43(42,50)40(49)36(41)38(34)47/h9-18,23,33,35-36,45,50H,4,8,19-22H2,1-3,5-7H3/t33?,35?,36?,41-,42-,43+/m1/s1. The molecule has 0 aliphatic heterocycles. The highest BCUT2D eigenvalue weighted by Crippen LogP contribution is 2.64. The van der Waals surface area contributed by atoms with Gasteiger partial charge in [-0.2, -0.15) is 0 Å². The minimum absolute atomic E-state index is 0.0000590. The summed E-state index contributed by atoms with van der Waals surface area (Å²) in [6.45, 7) is 14.5. The van der Waals surface area contributed by atoms with E-state index < -0.39 is 69.0 Å². The molecule has 6 rings (SSSR count). The van der Waals surface area contributed by atoms with Gasteiger partial charge in [0.05, 0.1) is 11.5 Å². The Kier molecular flexibility index (Phi) is 8.75. The van der Waals surface area contributed by atoms with Gasteiger partial charge in [-0.25, -0.2) is 0 Å². The number of Topliss-reactive ketones (excluding diaryl/α,β-unsaturated/α-hetero) is 5. The fraction of sp³-hybridized carbons (Fsp3) is 0.419. The van der Waals surface area contributed by atoms with E-state index in [0.29, 0.717) is 12.0 Å². The molecule has 0 bridgehead atoms. The Bertz CT molecular complexity index is 1950. The topological polar surface area (TPSA) is 126 Å². The zero-order valence-corrected chi connectivity index (χ0v) is 29.8. The minimum Gasteiger partial charge on any atom is -0.507 e. The second-order valence-corrected chi connectivity index (χ2v) is 15.8. The van der Waals surface area contributed by atoms with Crippen molar-refractivity contribution in [2.24, 2.45) is 34.5 Å². The van der Waals surface area contributed by atoms with Gasteiger partial charge in [-0.15, -0.1) is 0 Å². The third-order valence-corrected chi connectivity index (χ3v) is 11.9. The fourth-order valence-corrected chi connectivity index (χ4v) is 9.74. The number of aliphatic hydroxyl groups is 1. The number of ketones is 5. The molecule has 7 nitrogen and oxygen atoms in total. The van der Waals surface area contributed by atoms with E-state index in [-0.39, 0.29) is 24.2 Å². The van der Waals surface area contributed by atoms with Crippen LogP contribution in [-0.4, -0.2) is 44.7 Å². The van der Waals surface area contributed by atoms with Crippen molar-refractivity contribution in [3.63, 3.8) is 0 Å². The van der Waals surface area contributed by atoms with Crippen LogP contribution in [0.25, 0.3) is 11.1 Å². The SMILES string of the molecule is C=C(Cc1ccc(CC)cc1)Cc1ccc(-c2ccc(O)c3c2C[C@]2(C)C[C@]4(C)C(C(C)C)C(=O)C(C(C)=O)C(=O)[C@]4(O)C(=O)C2C3=O)cc1. The summed E-state index contributed by atoms with van der Waals surface area (Å²) >= 11 is 0. The maximum atomic E-state index is 14.5. The van der Waals surface area contributed by atoms with Crippen LogP contribution >= 0.6 is 0 Å². The number of rotatable bonds is 8. The molecule has 0 saturated heterocycles. The summed E-state index contributed by atoms with van der Waals surface area (Å²) in [5, 5.41) is 23.3. The quantitative estimate of drug-likeness (QED) is 0.202. The number of hydrogen-bond acceptors (Lipinski definition) is 7. The normalized spacial score (nSPS) is 29.0. The van der Waals surface area contributed by atoms with Crippen molar-refractivity contribution in [1.82, 2.24) is 0 Å². The first-order valence-corrected chi connectivity index (χ1v) is 17.6. The molecular formula is C43H46O7. The van der Waals surface area contributed by atoms with Crippen molar-refractivity contribution in [2.45, 2.75) is 79.2 Å². The molecule has 2 saturated carbocycles. The Balaban J connectivity index is 1.35. The van der Waals surface area contributed by atoms with Gasteiger partial charge in [-0.1, -0.05) is 101 Å². The Hall–Kier alpha value is -4.49. The van der Waals surface area contributed by atoms with Crippen LogP contribution in [0.2, 0.25) is 0 Å². The van der Waals surface area contributed by atoms with Gasteiger partial charge in [0.15, 0.2) is 28.7 Å². The number of fused-ring (bicyclic) bond motifs is 3. The van der Waals surface area contributed by atoms with Gasteiger partial charge in [0.2, 0.25) is 0 Å². The van der Waals surface area contributed by atoms with E-state index in [2.05, 4.69) is 37.8 Å². The van der Waals surface area contributed by atoms with Gasteiger partial charge < -0.3 is 10.2 Å². The highest BCUT2D eigenvalue weighted by atomic mass is 16.3. The smallest absolute Gasteiger partial charge is 0.190 e. The highest BCUT2D eigenvalue weighted by molar-refractivity contribution is 6.32. The number of phenols is 1. The molecule has 0 spiro atoms. The van der Waals surface area contributed by atoms with Crippen LogP contribution < -0.4 is 0 Å². The molecule has 260 valence electrons. The molecular weight excluding hydrogens is 628 g/mol. The molecule has 6 atom stereocenters. The molecule has 0 heterocycles. The first-order valence-electron chi connectivity index (χ1n) is 17.6. The first-order chi connectivity index (χ1) is 23.5. The summed E-state index contributed by atoms with van der Waals surface area (Å²) in [6, 6.07) is 19.8. The summed E-state index contributed by atoms with van der Waals surface area (Å²) in [5.74, 6) is -8.99. The van der Waals surface area contributed by atoms with E-state index in [1.807, 2.05) is 24.3 Å². The maximum absolute atomic E-state index is 14.5. The van der Waals surface area contributed by atoms with E-state index in [4.69, 9.17) is 0 Å². The molecule has 3 aliphatic carbocycles. The summed E-state index contributed by atoms with van der Waals surface area (Å²) in [5.41, 5.74) is 1.47. The van der Waals surface area contributed by atoms with Crippen molar-refractivity contribution < 1.29 is 34.2 Å². The average molecular weight is 675 g/mol. The third kappa shape index (κ3) is 5.24. The van der Waals surface area contributed by atoms with Crippen LogP contribution in [0.1, 0.15) is 80.6 Å². The lowest BCUT2D eigenvalue weighted by atomic mass is 9.40. The lowest BCUT2D eigenvalue weighted by molar-refractivity contribution is -0.205. The van der Waals surface area contributed by atoms with Crippen molar-refractivity contribution >= 4 is 28.9 Å². The summed E-state index contributed by atoms with van der Waals surface area (Å²) in [4.78, 5) is 69.2. The fourth-order valence-electron chi connectivity index (χ4n) is 9.74.